The lowest BCUT2D eigenvalue weighted by Gasteiger charge is -2.18. The van der Waals surface area contributed by atoms with Crippen LogP contribution in [0, 0.1) is 0 Å². The molecule has 0 saturated heterocycles. The Morgan fingerprint density at radius 2 is 1.48 bits per heavy atom. The van der Waals surface area contributed by atoms with E-state index in [9.17, 15) is 13.2 Å². The number of rotatable bonds is 8. The zero-order valence-electron chi connectivity index (χ0n) is 18.1. The van der Waals surface area contributed by atoms with Gasteiger partial charge >= 0.3 is 0 Å². The van der Waals surface area contributed by atoms with Crippen molar-refractivity contribution < 1.29 is 17.9 Å². The number of carbonyl (C=O) groups excluding carboxylic acids is 1. The Morgan fingerprint density at radius 1 is 0.818 bits per heavy atom. The van der Waals surface area contributed by atoms with Crippen molar-refractivity contribution in [3.05, 3.63) is 97.1 Å². The summed E-state index contributed by atoms with van der Waals surface area (Å²) in [6, 6.07) is 28.2. The first kappa shape index (κ1) is 22.4. The molecule has 0 heterocycles. The highest BCUT2D eigenvalue weighted by Gasteiger charge is 2.20. The normalized spacial score (nSPS) is 12.2. The molecule has 0 saturated carbocycles. The van der Waals surface area contributed by atoms with Crippen LogP contribution in [0.25, 0.3) is 10.8 Å². The molecule has 0 aliphatic heterocycles. The van der Waals surface area contributed by atoms with Crippen LogP contribution < -0.4 is 14.8 Å². The maximum absolute atomic E-state index is 12.8. The third-order valence-electron chi connectivity index (χ3n) is 5.14. The molecule has 4 aromatic rings. The summed E-state index contributed by atoms with van der Waals surface area (Å²) in [4.78, 5) is 12.9. The Kier molecular flexibility index (Phi) is 6.60. The summed E-state index contributed by atoms with van der Waals surface area (Å²) in [5.74, 6) is 0.340. The van der Waals surface area contributed by atoms with Crippen LogP contribution in [0.4, 0.5) is 11.4 Å². The van der Waals surface area contributed by atoms with Gasteiger partial charge in [0.1, 0.15) is 5.75 Å². The summed E-state index contributed by atoms with van der Waals surface area (Å²) in [5, 5.41) is 4.78. The van der Waals surface area contributed by atoms with Crippen LogP contribution >= 0.6 is 0 Å². The molecule has 0 radical (unpaired) electrons. The Bertz CT molecular complexity index is 1350. The Morgan fingerprint density at radius 3 is 2.21 bits per heavy atom. The minimum atomic E-state index is -3.73. The Balaban J connectivity index is 1.45. The number of ether oxygens (including phenoxy) is 1. The summed E-state index contributed by atoms with van der Waals surface area (Å²) in [7, 11) is -3.73. The minimum absolute atomic E-state index is 0.100. The molecule has 4 rings (SSSR count). The summed E-state index contributed by atoms with van der Waals surface area (Å²) in [6.45, 7) is 1.88. The van der Waals surface area contributed by atoms with Crippen molar-refractivity contribution in [2.45, 2.75) is 24.3 Å². The summed E-state index contributed by atoms with van der Waals surface area (Å²) in [5.41, 5.74) is 0.963. The van der Waals surface area contributed by atoms with E-state index in [0.29, 0.717) is 23.5 Å². The lowest BCUT2D eigenvalue weighted by Crippen LogP contribution is -2.32. The van der Waals surface area contributed by atoms with E-state index in [4.69, 9.17) is 4.74 Å². The van der Waals surface area contributed by atoms with E-state index in [2.05, 4.69) is 10.0 Å². The number of carbonyl (C=O) groups is 1. The van der Waals surface area contributed by atoms with Gasteiger partial charge in [-0.15, -0.1) is 0 Å². The van der Waals surface area contributed by atoms with Gasteiger partial charge < -0.3 is 10.1 Å². The standard InChI is InChI=1S/C26H24N2O4S/c1-2-24(32-25-14-8-10-19-9-6-7-13-23(19)25)26(29)27-20-15-17-22(18-16-20)33(30,31)28-21-11-4-3-5-12-21/h3-18,24,28H,2H2,1H3,(H,27,29)/t24-/m1/s1. The highest BCUT2D eigenvalue weighted by Crippen LogP contribution is 2.27. The summed E-state index contributed by atoms with van der Waals surface area (Å²) < 4.78 is 33.7. The molecule has 0 spiro atoms. The molecular weight excluding hydrogens is 436 g/mol. The second kappa shape index (κ2) is 9.75. The van der Waals surface area contributed by atoms with Crippen molar-refractivity contribution >= 4 is 38.1 Å². The second-order valence-corrected chi connectivity index (χ2v) is 9.16. The van der Waals surface area contributed by atoms with Gasteiger partial charge in [0.15, 0.2) is 6.10 Å². The van der Waals surface area contributed by atoms with E-state index in [1.807, 2.05) is 55.5 Å². The molecule has 0 aromatic heterocycles. The first-order valence-electron chi connectivity index (χ1n) is 10.6. The third-order valence-corrected chi connectivity index (χ3v) is 6.54. The number of benzene rings is 4. The van der Waals surface area contributed by atoms with Crippen molar-refractivity contribution in [2.75, 3.05) is 10.0 Å². The minimum Gasteiger partial charge on any atom is -0.480 e. The fourth-order valence-corrected chi connectivity index (χ4v) is 4.49. The number of amides is 1. The number of hydrogen-bond donors (Lipinski definition) is 2. The molecule has 33 heavy (non-hydrogen) atoms. The van der Waals surface area contributed by atoms with E-state index in [1.54, 1.807) is 36.4 Å². The van der Waals surface area contributed by atoms with Crippen LogP contribution in [-0.4, -0.2) is 20.4 Å². The maximum Gasteiger partial charge on any atom is 0.265 e. The van der Waals surface area contributed by atoms with Gasteiger partial charge in [0.05, 0.1) is 4.90 Å². The molecule has 0 aliphatic carbocycles. The van der Waals surface area contributed by atoms with Crippen molar-refractivity contribution in [3.8, 4) is 5.75 Å². The number of fused-ring (bicyclic) bond motifs is 1. The number of anilines is 2. The van der Waals surface area contributed by atoms with Gasteiger partial charge in [0, 0.05) is 16.8 Å². The number of hydrogen-bond acceptors (Lipinski definition) is 4. The van der Waals surface area contributed by atoms with Gasteiger partial charge in [-0.25, -0.2) is 8.42 Å². The fourth-order valence-electron chi connectivity index (χ4n) is 3.43. The SMILES string of the molecule is CC[C@@H](Oc1cccc2ccccc12)C(=O)Nc1ccc(S(=O)(=O)Nc2ccccc2)cc1. The first-order valence-corrected chi connectivity index (χ1v) is 12.1. The van der Waals surface area contributed by atoms with Crippen molar-refractivity contribution in [1.29, 1.82) is 0 Å². The molecule has 0 fully saturated rings. The maximum atomic E-state index is 12.8. The van der Waals surface area contributed by atoms with E-state index in [1.165, 1.54) is 12.1 Å². The van der Waals surface area contributed by atoms with Crippen LogP contribution in [0.3, 0.4) is 0 Å². The fraction of sp³-hybridized carbons (Fsp3) is 0.115. The van der Waals surface area contributed by atoms with E-state index in [0.717, 1.165) is 10.8 Å². The Labute approximate surface area is 193 Å². The number of nitrogens with one attached hydrogen (secondary N) is 2. The van der Waals surface area contributed by atoms with Gasteiger partial charge in [-0.1, -0.05) is 61.5 Å². The molecule has 1 amide bonds. The molecule has 2 N–H and O–H groups in total. The zero-order chi connectivity index (χ0) is 23.3. The van der Waals surface area contributed by atoms with Crippen LogP contribution in [-0.2, 0) is 14.8 Å². The van der Waals surface area contributed by atoms with Crippen molar-refractivity contribution in [3.63, 3.8) is 0 Å². The topological polar surface area (TPSA) is 84.5 Å². The Hall–Kier alpha value is -3.84. The molecule has 0 bridgehead atoms. The smallest absolute Gasteiger partial charge is 0.265 e. The lowest BCUT2D eigenvalue weighted by molar-refractivity contribution is -0.122. The number of para-hydroxylation sites is 1. The number of sulfonamides is 1. The molecule has 4 aromatic carbocycles. The van der Waals surface area contributed by atoms with E-state index in [-0.39, 0.29) is 10.8 Å². The quantitative estimate of drug-likeness (QED) is 0.367. The average Bonchev–Trinajstić information content (AvgIpc) is 2.83. The molecule has 0 unspecified atom stereocenters. The predicted octanol–water partition coefficient (Wildman–Crippen LogP) is 5.44. The summed E-state index contributed by atoms with van der Waals surface area (Å²) >= 11 is 0. The highest BCUT2D eigenvalue weighted by atomic mass is 32.2. The molecule has 1 atom stereocenters. The molecule has 7 heteroatoms. The van der Waals surface area contributed by atoms with Crippen LogP contribution in [0.5, 0.6) is 5.75 Å². The van der Waals surface area contributed by atoms with Crippen molar-refractivity contribution in [2.24, 2.45) is 0 Å². The van der Waals surface area contributed by atoms with Crippen LogP contribution in [0.1, 0.15) is 13.3 Å². The van der Waals surface area contributed by atoms with E-state index >= 15 is 0 Å². The van der Waals surface area contributed by atoms with Crippen molar-refractivity contribution in [1.82, 2.24) is 0 Å². The average molecular weight is 461 g/mol. The molecule has 6 nitrogen and oxygen atoms in total. The monoisotopic (exact) mass is 460 g/mol. The predicted molar refractivity (Wildman–Crippen MR) is 131 cm³/mol. The van der Waals surface area contributed by atoms with Gasteiger partial charge in [0.2, 0.25) is 0 Å². The highest BCUT2D eigenvalue weighted by molar-refractivity contribution is 7.92. The van der Waals surface area contributed by atoms with Gasteiger partial charge in [-0.3, -0.25) is 9.52 Å². The third kappa shape index (κ3) is 5.32. The molecular formula is C26H24N2O4S. The van der Waals surface area contributed by atoms with Gasteiger partial charge in [0.25, 0.3) is 15.9 Å². The largest absolute Gasteiger partial charge is 0.480 e. The van der Waals surface area contributed by atoms with Gasteiger partial charge in [-0.2, -0.15) is 0 Å². The second-order valence-electron chi connectivity index (χ2n) is 7.48. The van der Waals surface area contributed by atoms with Crippen LogP contribution in [0.2, 0.25) is 0 Å². The van der Waals surface area contributed by atoms with E-state index < -0.39 is 16.1 Å². The van der Waals surface area contributed by atoms with Crippen LogP contribution in [0.15, 0.2) is 102 Å². The summed E-state index contributed by atoms with van der Waals surface area (Å²) in [6.07, 6.45) is -0.221. The lowest BCUT2D eigenvalue weighted by atomic mass is 10.1. The van der Waals surface area contributed by atoms with Gasteiger partial charge in [-0.05, 0) is 54.3 Å². The zero-order valence-corrected chi connectivity index (χ0v) is 18.9. The molecule has 0 aliphatic rings. The molecule has 168 valence electrons. The first-order chi connectivity index (χ1) is 16.0.